The minimum absolute atomic E-state index is 0.872. The largest absolute Gasteiger partial charge is 0.354 e. The van der Waals surface area contributed by atoms with Crippen LogP contribution in [0.15, 0.2) is 140 Å². The Morgan fingerprint density at radius 3 is 1.20 bits per heavy atom. The molecule has 0 aliphatic carbocycles. The van der Waals surface area contributed by atoms with Gasteiger partial charge in [-0.25, -0.2) is 15.0 Å². The lowest BCUT2D eigenvalue weighted by molar-refractivity contribution is 1.06. The smallest absolute Gasteiger partial charge is 0.0991 e. The lowest BCUT2D eigenvalue weighted by atomic mass is 10.0. The third-order valence-corrected chi connectivity index (χ3v) is 10.7. The predicted octanol–water partition coefficient (Wildman–Crippen LogP) is 12.4. The Morgan fingerprint density at radius 2 is 0.821 bits per heavy atom. The molecule has 6 heterocycles. The predicted molar refractivity (Wildman–Crippen MR) is 232 cm³/mol. The van der Waals surface area contributed by atoms with Crippen LogP contribution in [0.5, 0.6) is 0 Å². The molecule has 6 heteroatoms. The number of benzene rings is 4. The van der Waals surface area contributed by atoms with Crippen LogP contribution in [-0.4, -0.2) is 29.5 Å². The van der Waals surface area contributed by atoms with Crippen molar-refractivity contribution >= 4 is 46.4 Å². The van der Waals surface area contributed by atoms with Crippen molar-refractivity contribution in [2.45, 2.75) is 20.8 Å². The van der Waals surface area contributed by atoms with Gasteiger partial charge in [-0.15, -0.1) is 0 Å². The number of fused-ring (bicyclic) bond motifs is 8. The summed E-state index contributed by atoms with van der Waals surface area (Å²) in [6.45, 7) is 6.36. The molecule has 4 aromatic heterocycles. The lowest BCUT2D eigenvalue weighted by Gasteiger charge is -2.09. The number of H-pyrrole nitrogens is 2. The summed E-state index contributed by atoms with van der Waals surface area (Å²) in [5.41, 5.74) is 20.5. The van der Waals surface area contributed by atoms with E-state index in [2.05, 4.69) is 181 Å². The highest BCUT2D eigenvalue weighted by Gasteiger charge is 2.19. The number of imidazole rings is 1. The van der Waals surface area contributed by atoms with Gasteiger partial charge in [0.1, 0.15) is 0 Å². The molecular formula is C50H38N6. The highest BCUT2D eigenvalue weighted by Crippen LogP contribution is 2.39. The molecule has 10 rings (SSSR count). The fourth-order valence-electron chi connectivity index (χ4n) is 7.81. The number of aromatic amines is 2. The van der Waals surface area contributed by atoms with E-state index in [9.17, 15) is 0 Å². The zero-order chi connectivity index (χ0) is 37.8. The van der Waals surface area contributed by atoms with Crippen molar-refractivity contribution in [1.29, 1.82) is 0 Å². The fourth-order valence-corrected chi connectivity index (χ4v) is 7.81. The minimum atomic E-state index is 0.872. The Hall–Kier alpha value is -7.31. The second-order valence-corrected chi connectivity index (χ2v) is 14.6. The molecule has 268 valence electrons. The van der Waals surface area contributed by atoms with Gasteiger partial charge in [0.05, 0.1) is 29.1 Å². The van der Waals surface area contributed by atoms with Crippen molar-refractivity contribution in [3.63, 3.8) is 0 Å². The molecule has 0 fully saturated rings. The average Bonchev–Trinajstić information content (AvgIpc) is 4.07. The first-order valence-corrected chi connectivity index (χ1v) is 18.9. The van der Waals surface area contributed by atoms with Crippen LogP contribution in [0, 0.1) is 20.8 Å². The molecule has 4 aromatic carbocycles. The first-order valence-electron chi connectivity index (χ1n) is 18.9. The van der Waals surface area contributed by atoms with Crippen LogP contribution >= 0.6 is 0 Å². The number of rotatable bonds is 5. The summed E-state index contributed by atoms with van der Waals surface area (Å²) < 4.78 is 2.03. The summed E-state index contributed by atoms with van der Waals surface area (Å²) in [5.74, 6) is 0. The maximum atomic E-state index is 5.46. The Bertz CT molecular complexity index is 2970. The van der Waals surface area contributed by atoms with E-state index in [4.69, 9.17) is 9.97 Å². The first-order chi connectivity index (χ1) is 27.4. The first kappa shape index (κ1) is 33.3. The Morgan fingerprint density at radius 1 is 0.429 bits per heavy atom. The number of hydrogen-bond acceptors (Lipinski definition) is 3. The summed E-state index contributed by atoms with van der Waals surface area (Å²) in [7, 11) is 0. The van der Waals surface area contributed by atoms with Crippen LogP contribution in [0.3, 0.4) is 0 Å². The van der Waals surface area contributed by atoms with Crippen LogP contribution in [0.25, 0.3) is 96.6 Å². The van der Waals surface area contributed by atoms with Gasteiger partial charge < -0.3 is 14.5 Å². The molecule has 2 aliphatic heterocycles. The van der Waals surface area contributed by atoms with Gasteiger partial charge in [-0.3, -0.25) is 0 Å². The van der Waals surface area contributed by atoms with Crippen LogP contribution in [0.2, 0.25) is 0 Å². The summed E-state index contributed by atoms with van der Waals surface area (Å²) in [6, 6.07) is 43.3. The molecule has 8 aromatic rings. The zero-order valence-electron chi connectivity index (χ0n) is 31.4. The third kappa shape index (κ3) is 5.98. The van der Waals surface area contributed by atoms with Crippen LogP contribution in [-0.2, 0) is 0 Å². The summed E-state index contributed by atoms with van der Waals surface area (Å²) in [6.07, 6.45) is 14.2. The van der Waals surface area contributed by atoms with Gasteiger partial charge in [-0.2, -0.15) is 0 Å². The van der Waals surface area contributed by atoms with E-state index in [0.29, 0.717) is 0 Å². The van der Waals surface area contributed by atoms with E-state index >= 15 is 0 Å². The molecule has 0 spiro atoms. The number of nitrogens with one attached hydrogen (secondary N) is 2. The van der Waals surface area contributed by atoms with Crippen molar-refractivity contribution in [1.82, 2.24) is 29.5 Å². The molecule has 0 radical (unpaired) electrons. The van der Waals surface area contributed by atoms with Crippen LogP contribution in [0.4, 0.5) is 0 Å². The Kier molecular flexibility index (Phi) is 8.03. The van der Waals surface area contributed by atoms with Crippen molar-refractivity contribution < 1.29 is 0 Å². The van der Waals surface area contributed by atoms with E-state index in [1.165, 1.54) is 16.7 Å². The quantitative estimate of drug-likeness (QED) is 0.186. The summed E-state index contributed by atoms with van der Waals surface area (Å²) in [5, 5.41) is 0. The Balaban J connectivity index is 1.37. The lowest BCUT2D eigenvalue weighted by Crippen LogP contribution is -1.92. The maximum Gasteiger partial charge on any atom is 0.0991 e. The van der Waals surface area contributed by atoms with Gasteiger partial charge in [0, 0.05) is 62.4 Å². The maximum absolute atomic E-state index is 5.46. The molecule has 56 heavy (non-hydrogen) atoms. The van der Waals surface area contributed by atoms with E-state index in [1.54, 1.807) is 6.20 Å². The molecule has 6 nitrogen and oxygen atoms in total. The molecular weight excluding hydrogens is 685 g/mol. The third-order valence-electron chi connectivity index (χ3n) is 10.7. The van der Waals surface area contributed by atoms with Crippen molar-refractivity contribution in [3.05, 3.63) is 180 Å². The molecule has 8 bridgehead atoms. The van der Waals surface area contributed by atoms with Crippen molar-refractivity contribution in [2.24, 2.45) is 0 Å². The molecule has 0 saturated heterocycles. The van der Waals surface area contributed by atoms with Gasteiger partial charge in [0.25, 0.3) is 0 Å². The summed E-state index contributed by atoms with van der Waals surface area (Å²) >= 11 is 0. The molecule has 2 aliphatic rings. The van der Waals surface area contributed by atoms with E-state index in [0.717, 1.165) is 95.0 Å². The molecule has 0 amide bonds. The molecule has 2 N–H and O–H groups in total. The standard InChI is InChI=1S/C50H38N6/c1-31-7-13-34(14-8-31)47-39-19-21-41(52-39)48(35-15-9-32(2)10-16-35)43-23-25-45(54-43)50(37-5-4-6-38(29-37)56-28-27-51-30-56)46-26-24-44(55-46)49(42-22-20-40(47)53-42)36-17-11-33(3)12-18-36/h4-30,52,55H,1-3H3. The second-order valence-electron chi connectivity index (χ2n) is 14.6. The molecule has 0 unspecified atom stereocenters. The van der Waals surface area contributed by atoms with E-state index in [-0.39, 0.29) is 0 Å². The van der Waals surface area contributed by atoms with E-state index in [1.807, 2.05) is 17.1 Å². The van der Waals surface area contributed by atoms with Gasteiger partial charge in [0.15, 0.2) is 0 Å². The average molecular weight is 723 g/mol. The SMILES string of the molecule is Cc1ccc(-c2c3nc(c(-c4ccc(C)cc4)c4ccc([nH]4)c(-c4cccc(-n5ccnc5)c4)c4nc(c(-c5ccc(C)cc5)c5ccc2[nH]5)C=C4)C=C3)cc1. The van der Waals surface area contributed by atoms with Crippen molar-refractivity contribution in [2.75, 3.05) is 0 Å². The van der Waals surface area contributed by atoms with E-state index < -0.39 is 0 Å². The number of nitrogens with zero attached hydrogens (tertiary/aromatic N) is 4. The normalized spacial score (nSPS) is 12.1. The van der Waals surface area contributed by atoms with Crippen LogP contribution in [0.1, 0.15) is 39.5 Å². The number of aryl methyl sites for hydroxylation is 3. The highest BCUT2D eigenvalue weighted by molar-refractivity contribution is 6.00. The van der Waals surface area contributed by atoms with Gasteiger partial charge in [0.2, 0.25) is 0 Å². The molecule has 0 saturated carbocycles. The Labute approximate surface area is 325 Å². The second kappa shape index (κ2) is 13.5. The van der Waals surface area contributed by atoms with Crippen LogP contribution < -0.4 is 0 Å². The molecule has 0 atom stereocenters. The van der Waals surface area contributed by atoms with Gasteiger partial charge in [-0.05, 0) is 104 Å². The monoisotopic (exact) mass is 722 g/mol. The van der Waals surface area contributed by atoms with Gasteiger partial charge >= 0.3 is 0 Å². The zero-order valence-corrected chi connectivity index (χ0v) is 31.4. The number of hydrogen-bond donors (Lipinski definition) is 2. The van der Waals surface area contributed by atoms with Gasteiger partial charge in [-0.1, -0.05) is 102 Å². The van der Waals surface area contributed by atoms with Crippen molar-refractivity contribution in [3.8, 4) is 50.2 Å². The highest BCUT2D eigenvalue weighted by atomic mass is 15.0. The summed E-state index contributed by atoms with van der Waals surface area (Å²) in [4.78, 5) is 22.9. The minimum Gasteiger partial charge on any atom is -0.354 e. The number of aromatic nitrogens is 6. The fraction of sp³-hybridized carbons (Fsp3) is 0.0600. The topological polar surface area (TPSA) is 75.2 Å².